The number of carboxylic acid groups (broad SMARTS) is 1. The average Bonchev–Trinajstić information content (AvgIpc) is 2.82. The van der Waals surface area contributed by atoms with Gasteiger partial charge in [-0.1, -0.05) is 0 Å². The van der Waals surface area contributed by atoms with E-state index in [0.29, 0.717) is 5.82 Å². The average molecular weight is 236 g/mol. The minimum Gasteiger partial charge on any atom is -0.480 e. The highest BCUT2D eigenvalue weighted by Gasteiger charge is 2.14. The number of anilines is 2. The Morgan fingerprint density at radius 3 is 2.65 bits per heavy atom. The van der Waals surface area contributed by atoms with E-state index in [1.807, 2.05) is 0 Å². The van der Waals surface area contributed by atoms with Crippen molar-refractivity contribution in [1.82, 2.24) is 9.97 Å². The summed E-state index contributed by atoms with van der Waals surface area (Å²) in [5.41, 5.74) is 0. The molecule has 0 saturated carbocycles. The van der Waals surface area contributed by atoms with Gasteiger partial charge in [0.05, 0.1) is 12.4 Å². The molecule has 1 aromatic rings. The highest BCUT2D eigenvalue weighted by molar-refractivity contribution is 5.72. The van der Waals surface area contributed by atoms with Crippen LogP contribution in [0.15, 0.2) is 12.4 Å². The lowest BCUT2D eigenvalue weighted by atomic mass is 10.4. The van der Waals surface area contributed by atoms with Crippen molar-refractivity contribution >= 4 is 17.6 Å². The minimum atomic E-state index is -0.877. The van der Waals surface area contributed by atoms with Gasteiger partial charge in [-0.2, -0.15) is 0 Å². The first-order valence-corrected chi connectivity index (χ1v) is 5.67. The van der Waals surface area contributed by atoms with Crippen LogP contribution in [0.5, 0.6) is 0 Å². The Balaban J connectivity index is 2.04. The molecule has 92 valence electrons. The van der Waals surface area contributed by atoms with E-state index < -0.39 is 5.97 Å². The molecule has 2 rings (SSSR count). The van der Waals surface area contributed by atoms with Crippen molar-refractivity contribution in [2.75, 3.05) is 36.5 Å². The number of likely N-dealkylation sites (N-methyl/N-ethyl adjacent to an activating group) is 1. The smallest absolute Gasteiger partial charge is 0.323 e. The zero-order chi connectivity index (χ0) is 12.3. The fourth-order valence-electron chi connectivity index (χ4n) is 1.90. The van der Waals surface area contributed by atoms with Gasteiger partial charge in [-0.3, -0.25) is 4.79 Å². The first kappa shape index (κ1) is 11.6. The van der Waals surface area contributed by atoms with Crippen LogP contribution in [0.3, 0.4) is 0 Å². The van der Waals surface area contributed by atoms with Crippen molar-refractivity contribution in [1.29, 1.82) is 0 Å². The maximum absolute atomic E-state index is 10.6. The van der Waals surface area contributed by atoms with Crippen molar-refractivity contribution in [2.45, 2.75) is 12.8 Å². The van der Waals surface area contributed by atoms with Gasteiger partial charge in [-0.25, -0.2) is 9.97 Å². The van der Waals surface area contributed by atoms with Gasteiger partial charge < -0.3 is 14.9 Å². The Kier molecular flexibility index (Phi) is 3.41. The van der Waals surface area contributed by atoms with Crippen molar-refractivity contribution < 1.29 is 9.90 Å². The predicted molar refractivity (Wildman–Crippen MR) is 64.4 cm³/mol. The number of carboxylic acids is 1. The summed E-state index contributed by atoms with van der Waals surface area (Å²) in [4.78, 5) is 22.9. The summed E-state index contributed by atoms with van der Waals surface area (Å²) < 4.78 is 0. The Hall–Kier alpha value is -1.85. The standard InChI is InChI=1S/C11H16N4O2/c1-14(8-11(16)17)9-6-13-10(7-12-9)15-4-2-3-5-15/h6-7H,2-5,8H2,1H3,(H,16,17). The van der Waals surface area contributed by atoms with Crippen LogP contribution in [0.2, 0.25) is 0 Å². The van der Waals surface area contributed by atoms with Gasteiger partial charge in [0.25, 0.3) is 0 Å². The summed E-state index contributed by atoms with van der Waals surface area (Å²) in [7, 11) is 1.69. The van der Waals surface area contributed by atoms with Crippen molar-refractivity contribution in [3.63, 3.8) is 0 Å². The van der Waals surface area contributed by atoms with Crippen molar-refractivity contribution in [2.24, 2.45) is 0 Å². The predicted octanol–water partition coefficient (Wildman–Crippen LogP) is 0.598. The van der Waals surface area contributed by atoms with Crippen LogP contribution >= 0.6 is 0 Å². The van der Waals surface area contributed by atoms with E-state index in [1.54, 1.807) is 24.3 Å². The molecule has 1 N–H and O–H groups in total. The molecule has 17 heavy (non-hydrogen) atoms. The van der Waals surface area contributed by atoms with Crippen LogP contribution < -0.4 is 9.80 Å². The molecule has 6 heteroatoms. The number of rotatable bonds is 4. The van der Waals surface area contributed by atoms with E-state index in [2.05, 4.69) is 14.9 Å². The fourth-order valence-corrected chi connectivity index (χ4v) is 1.90. The van der Waals surface area contributed by atoms with Gasteiger partial charge >= 0.3 is 5.97 Å². The van der Waals surface area contributed by atoms with Crippen LogP contribution in [0.25, 0.3) is 0 Å². The molecule has 0 amide bonds. The van der Waals surface area contributed by atoms with Crippen LogP contribution in [-0.2, 0) is 4.79 Å². The van der Waals surface area contributed by atoms with Gasteiger partial charge in [-0.05, 0) is 12.8 Å². The van der Waals surface area contributed by atoms with Crippen LogP contribution in [-0.4, -0.2) is 47.7 Å². The van der Waals surface area contributed by atoms with Gasteiger partial charge in [0, 0.05) is 20.1 Å². The van der Waals surface area contributed by atoms with Gasteiger partial charge in [0.2, 0.25) is 0 Å². The van der Waals surface area contributed by atoms with E-state index in [9.17, 15) is 4.79 Å². The lowest BCUT2D eigenvalue weighted by Gasteiger charge is -2.18. The van der Waals surface area contributed by atoms with Crippen LogP contribution in [0.4, 0.5) is 11.6 Å². The molecule has 6 nitrogen and oxygen atoms in total. The molecule has 1 aliphatic heterocycles. The monoisotopic (exact) mass is 236 g/mol. The molecule has 1 aromatic heterocycles. The van der Waals surface area contributed by atoms with E-state index in [1.165, 1.54) is 12.8 Å². The second kappa shape index (κ2) is 4.99. The van der Waals surface area contributed by atoms with Crippen LogP contribution in [0, 0.1) is 0 Å². The third-order valence-corrected chi connectivity index (χ3v) is 2.82. The molecular weight excluding hydrogens is 220 g/mol. The maximum Gasteiger partial charge on any atom is 0.323 e. The topological polar surface area (TPSA) is 69.6 Å². The molecular formula is C11H16N4O2. The quantitative estimate of drug-likeness (QED) is 0.825. The maximum atomic E-state index is 10.6. The normalized spacial score (nSPS) is 15.0. The summed E-state index contributed by atoms with van der Waals surface area (Å²) in [6.07, 6.45) is 5.72. The van der Waals surface area contributed by atoms with Crippen molar-refractivity contribution in [3.8, 4) is 0 Å². The second-order valence-electron chi connectivity index (χ2n) is 4.18. The summed E-state index contributed by atoms with van der Waals surface area (Å²) in [5, 5.41) is 8.67. The number of hydrogen-bond donors (Lipinski definition) is 1. The van der Waals surface area contributed by atoms with Gasteiger partial charge in [-0.15, -0.1) is 0 Å². The zero-order valence-corrected chi connectivity index (χ0v) is 9.83. The van der Waals surface area contributed by atoms with Gasteiger partial charge in [0.1, 0.15) is 18.2 Å². The summed E-state index contributed by atoms with van der Waals surface area (Å²) in [5.74, 6) is 0.572. The molecule has 0 spiro atoms. The molecule has 0 unspecified atom stereocenters. The first-order chi connectivity index (χ1) is 8.16. The summed E-state index contributed by atoms with van der Waals surface area (Å²) in [6, 6.07) is 0. The fraction of sp³-hybridized carbons (Fsp3) is 0.545. The molecule has 0 bridgehead atoms. The lowest BCUT2D eigenvalue weighted by Crippen LogP contribution is -2.26. The third kappa shape index (κ3) is 2.83. The highest BCUT2D eigenvalue weighted by atomic mass is 16.4. The number of hydrogen-bond acceptors (Lipinski definition) is 5. The number of aliphatic carboxylic acids is 1. The van der Waals surface area contributed by atoms with Crippen LogP contribution in [0.1, 0.15) is 12.8 Å². The Labute approximate surface area is 99.9 Å². The van der Waals surface area contributed by atoms with E-state index in [-0.39, 0.29) is 6.54 Å². The highest BCUT2D eigenvalue weighted by Crippen LogP contribution is 2.17. The largest absolute Gasteiger partial charge is 0.480 e. The molecule has 0 aliphatic carbocycles. The second-order valence-corrected chi connectivity index (χ2v) is 4.18. The number of aromatic nitrogens is 2. The molecule has 1 aliphatic rings. The Bertz CT molecular complexity index is 387. The summed E-state index contributed by atoms with van der Waals surface area (Å²) >= 11 is 0. The molecule has 1 saturated heterocycles. The Morgan fingerprint density at radius 1 is 1.41 bits per heavy atom. The van der Waals surface area contributed by atoms with Gasteiger partial charge in [0.15, 0.2) is 0 Å². The first-order valence-electron chi connectivity index (χ1n) is 5.67. The SMILES string of the molecule is CN(CC(=O)O)c1cnc(N2CCCC2)cn1. The Morgan fingerprint density at radius 2 is 2.12 bits per heavy atom. The van der Waals surface area contributed by atoms with E-state index >= 15 is 0 Å². The minimum absolute atomic E-state index is 0.0717. The molecule has 1 fully saturated rings. The molecule has 2 heterocycles. The molecule has 0 atom stereocenters. The van der Waals surface area contributed by atoms with Crippen molar-refractivity contribution in [3.05, 3.63) is 12.4 Å². The third-order valence-electron chi connectivity index (χ3n) is 2.82. The summed E-state index contributed by atoms with van der Waals surface area (Å²) in [6.45, 7) is 1.98. The number of carbonyl (C=O) groups is 1. The van der Waals surface area contributed by atoms with E-state index in [4.69, 9.17) is 5.11 Å². The number of nitrogens with zero attached hydrogens (tertiary/aromatic N) is 4. The molecule has 0 radical (unpaired) electrons. The molecule has 0 aromatic carbocycles. The zero-order valence-electron chi connectivity index (χ0n) is 9.83. The van der Waals surface area contributed by atoms with E-state index in [0.717, 1.165) is 18.9 Å². The lowest BCUT2D eigenvalue weighted by molar-refractivity contribution is -0.135.